The molecule has 0 fully saturated rings. The van der Waals surface area contributed by atoms with Gasteiger partial charge in [0, 0.05) is 21.9 Å². The molecule has 6 heteroatoms. The Labute approximate surface area is 118 Å². The summed E-state index contributed by atoms with van der Waals surface area (Å²) >= 11 is 9.39. The lowest BCUT2D eigenvalue weighted by Crippen LogP contribution is -2.14. The molecule has 0 aliphatic carbocycles. The molecule has 0 unspecified atom stereocenters. The van der Waals surface area contributed by atoms with Crippen LogP contribution in [0.2, 0.25) is 5.02 Å². The smallest absolute Gasteiger partial charge is 0.275 e. The Morgan fingerprint density at radius 3 is 2.83 bits per heavy atom. The summed E-state index contributed by atoms with van der Waals surface area (Å²) in [7, 11) is 0. The number of carbonyl (C=O) groups excluding carboxylic acids is 1. The third-order valence-corrected chi connectivity index (χ3v) is 3.36. The van der Waals surface area contributed by atoms with Gasteiger partial charge in [-0.05, 0) is 40.5 Å². The van der Waals surface area contributed by atoms with Crippen LogP contribution in [0, 0.1) is 6.92 Å². The second-order valence-corrected chi connectivity index (χ2v) is 4.89. The van der Waals surface area contributed by atoms with Crippen molar-refractivity contribution in [2.75, 3.05) is 5.32 Å². The summed E-state index contributed by atoms with van der Waals surface area (Å²) in [5.74, 6) is -0.330. The maximum atomic E-state index is 11.9. The zero-order valence-electron chi connectivity index (χ0n) is 9.45. The zero-order valence-corrected chi connectivity index (χ0v) is 11.8. The van der Waals surface area contributed by atoms with Crippen molar-refractivity contribution < 1.29 is 4.79 Å². The molecule has 0 spiro atoms. The molecule has 2 rings (SSSR count). The zero-order chi connectivity index (χ0) is 13.1. The Bertz CT molecular complexity index is 589. The summed E-state index contributed by atoms with van der Waals surface area (Å²) in [6.45, 7) is 1.89. The molecule has 0 aliphatic heterocycles. The minimum atomic E-state index is -0.330. The van der Waals surface area contributed by atoms with Gasteiger partial charge < -0.3 is 5.32 Å². The minimum absolute atomic E-state index is 0.251. The molecule has 0 aliphatic rings. The number of carbonyl (C=O) groups is 1. The number of rotatable bonds is 2. The summed E-state index contributed by atoms with van der Waals surface area (Å²) in [6, 6.07) is 3.53. The van der Waals surface area contributed by atoms with Crippen LogP contribution in [0.5, 0.6) is 0 Å². The van der Waals surface area contributed by atoms with Crippen molar-refractivity contribution in [3.05, 3.63) is 51.5 Å². The molecule has 18 heavy (non-hydrogen) atoms. The van der Waals surface area contributed by atoms with Gasteiger partial charge in [-0.2, -0.15) is 0 Å². The lowest BCUT2D eigenvalue weighted by molar-refractivity contribution is 0.102. The van der Waals surface area contributed by atoms with Crippen LogP contribution in [0.1, 0.15) is 16.1 Å². The van der Waals surface area contributed by atoms with Gasteiger partial charge in [0.05, 0.1) is 11.9 Å². The van der Waals surface area contributed by atoms with E-state index in [0.29, 0.717) is 10.7 Å². The van der Waals surface area contributed by atoms with Gasteiger partial charge in [0.1, 0.15) is 5.69 Å². The van der Waals surface area contributed by atoms with Crippen LogP contribution in [0.3, 0.4) is 0 Å². The van der Waals surface area contributed by atoms with Crippen LogP contribution in [0.4, 0.5) is 5.69 Å². The van der Waals surface area contributed by atoms with Crippen LogP contribution in [0.15, 0.2) is 35.2 Å². The first-order valence-electron chi connectivity index (χ1n) is 5.11. The molecule has 1 amide bonds. The van der Waals surface area contributed by atoms with Crippen molar-refractivity contribution in [2.24, 2.45) is 0 Å². The molecular formula is C12H9BrClN3O. The standard InChI is InChI=1S/C12H9BrClN3O/c1-7-4-8(13)10(5-9(7)14)17-12(18)11-6-15-2-3-16-11/h2-6H,1H3,(H,17,18). The Morgan fingerprint density at radius 1 is 1.39 bits per heavy atom. The first-order valence-corrected chi connectivity index (χ1v) is 6.28. The monoisotopic (exact) mass is 325 g/mol. The number of benzene rings is 1. The van der Waals surface area contributed by atoms with E-state index in [1.54, 1.807) is 6.07 Å². The third-order valence-electron chi connectivity index (χ3n) is 2.29. The van der Waals surface area contributed by atoms with Gasteiger partial charge >= 0.3 is 0 Å². The molecule has 0 bridgehead atoms. The van der Waals surface area contributed by atoms with E-state index in [1.165, 1.54) is 18.6 Å². The van der Waals surface area contributed by atoms with Gasteiger partial charge in [-0.1, -0.05) is 11.6 Å². The van der Waals surface area contributed by atoms with Gasteiger partial charge in [-0.25, -0.2) is 4.98 Å². The minimum Gasteiger partial charge on any atom is -0.320 e. The fourth-order valence-corrected chi connectivity index (χ4v) is 2.07. The third kappa shape index (κ3) is 2.86. The molecule has 0 atom stereocenters. The lowest BCUT2D eigenvalue weighted by atomic mass is 10.2. The van der Waals surface area contributed by atoms with Crippen molar-refractivity contribution in [3.63, 3.8) is 0 Å². The molecule has 4 nitrogen and oxygen atoms in total. The van der Waals surface area contributed by atoms with Crippen LogP contribution in [-0.4, -0.2) is 15.9 Å². The number of halogens is 2. The Balaban J connectivity index is 2.25. The number of hydrogen-bond donors (Lipinski definition) is 1. The van der Waals surface area contributed by atoms with Crippen molar-refractivity contribution >= 4 is 39.1 Å². The highest BCUT2D eigenvalue weighted by Crippen LogP contribution is 2.29. The first-order chi connectivity index (χ1) is 8.58. The molecule has 0 saturated carbocycles. The summed E-state index contributed by atoms with van der Waals surface area (Å²) in [5, 5.41) is 3.31. The maximum absolute atomic E-state index is 11.9. The van der Waals surface area contributed by atoms with Crippen LogP contribution >= 0.6 is 27.5 Å². The molecule has 0 saturated heterocycles. The maximum Gasteiger partial charge on any atom is 0.275 e. The number of aryl methyl sites for hydroxylation is 1. The highest BCUT2D eigenvalue weighted by atomic mass is 79.9. The predicted octanol–water partition coefficient (Wildman–Crippen LogP) is 3.45. The van der Waals surface area contributed by atoms with Crippen molar-refractivity contribution in [1.82, 2.24) is 9.97 Å². The second-order valence-electron chi connectivity index (χ2n) is 3.63. The summed E-state index contributed by atoms with van der Waals surface area (Å²) in [4.78, 5) is 19.6. The molecule has 1 aromatic carbocycles. The van der Waals surface area contributed by atoms with E-state index in [0.717, 1.165) is 10.0 Å². The van der Waals surface area contributed by atoms with Gasteiger partial charge in [0.25, 0.3) is 5.91 Å². The Kier molecular flexibility index (Phi) is 3.93. The average molecular weight is 327 g/mol. The van der Waals surface area contributed by atoms with E-state index in [1.807, 2.05) is 13.0 Å². The van der Waals surface area contributed by atoms with Crippen molar-refractivity contribution in [1.29, 1.82) is 0 Å². The first kappa shape index (κ1) is 13.0. The number of amides is 1. The number of nitrogens with one attached hydrogen (secondary N) is 1. The highest BCUT2D eigenvalue weighted by Gasteiger charge is 2.11. The molecule has 1 N–H and O–H groups in total. The fraction of sp³-hybridized carbons (Fsp3) is 0.0833. The van der Waals surface area contributed by atoms with Crippen molar-refractivity contribution in [3.8, 4) is 0 Å². The summed E-state index contributed by atoms with van der Waals surface area (Å²) in [6.07, 6.45) is 4.38. The molecular weight excluding hydrogens is 318 g/mol. The van der Waals surface area contributed by atoms with Gasteiger partial charge in [0.15, 0.2) is 0 Å². The Morgan fingerprint density at radius 2 is 2.17 bits per heavy atom. The second kappa shape index (κ2) is 5.46. The number of anilines is 1. The van der Waals surface area contributed by atoms with E-state index in [-0.39, 0.29) is 11.6 Å². The summed E-state index contributed by atoms with van der Waals surface area (Å²) < 4.78 is 0.765. The molecule has 92 valence electrons. The van der Waals surface area contributed by atoms with E-state index in [2.05, 4.69) is 31.2 Å². The van der Waals surface area contributed by atoms with E-state index in [9.17, 15) is 4.79 Å². The van der Waals surface area contributed by atoms with E-state index < -0.39 is 0 Å². The predicted molar refractivity (Wildman–Crippen MR) is 73.9 cm³/mol. The fourth-order valence-electron chi connectivity index (χ4n) is 1.34. The van der Waals surface area contributed by atoms with Crippen molar-refractivity contribution in [2.45, 2.75) is 6.92 Å². The largest absolute Gasteiger partial charge is 0.320 e. The molecule has 2 aromatic rings. The number of hydrogen-bond acceptors (Lipinski definition) is 3. The topological polar surface area (TPSA) is 54.9 Å². The molecule has 1 heterocycles. The van der Waals surface area contributed by atoms with Crippen LogP contribution < -0.4 is 5.32 Å². The van der Waals surface area contributed by atoms with Gasteiger partial charge in [-0.15, -0.1) is 0 Å². The average Bonchev–Trinajstić information content (AvgIpc) is 2.37. The van der Waals surface area contributed by atoms with Crippen LogP contribution in [0.25, 0.3) is 0 Å². The SMILES string of the molecule is Cc1cc(Br)c(NC(=O)c2cnccn2)cc1Cl. The van der Waals surface area contributed by atoms with Gasteiger partial charge in [0.2, 0.25) is 0 Å². The molecule has 0 radical (unpaired) electrons. The number of aromatic nitrogens is 2. The Hall–Kier alpha value is -1.46. The van der Waals surface area contributed by atoms with E-state index in [4.69, 9.17) is 11.6 Å². The highest BCUT2D eigenvalue weighted by molar-refractivity contribution is 9.10. The quantitative estimate of drug-likeness (QED) is 0.919. The normalized spacial score (nSPS) is 10.2. The van der Waals surface area contributed by atoms with Crippen LogP contribution in [-0.2, 0) is 0 Å². The number of nitrogens with zero attached hydrogens (tertiary/aromatic N) is 2. The summed E-state index contributed by atoms with van der Waals surface area (Å²) in [5.41, 5.74) is 1.78. The van der Waals surface area contributed by atoms with E-state index >= 15 is 0 Å². The van der Waals surface area contributed by atoms with Gasteiger partial charge in [-0.3, -0.25) is 9.78 Å². The lowest BCUT2D eigenvalue weighted by Gasteiger charge is -2.08. The molecule has 1 aromatic heterocycles.